The van der Waals surface area contributed by atoms with E-state index in [0.29, 0.717) is 5.92 Å². The number of rotatable bonds is 3. The van der Waals surface area contributed by atoms with E-state index >= 15 is 0 Å². The molecule has 2 atom stereocenters. The van der Waals surface area contributed by atoms with Gasteiger partial charge in [-0.3, -0.25) is 4.98 Å². The summed E-state index contributed by atoms with van der Waals surface area (Å²) in [6.07, 6.45) is 3.63. The summed E-state index contributed by atoms with van der Waals surface area (Å²) in [5, 5.41) is 0. The van der Waals surface area contributed by atoms with Gasteiger partial charge in [0.05, 0.1) is 0 Å². The normalized spacial score (nSPS) is 14.3. The van der Waals surface area contributed by atoms with Gasteiger partial charge in [0.2, 0.25) is 0 Å². The van der Waals surface area contributed by atoms with Gasteiger partial charge in [-0.15, -0.1) is 0 Å². The molecule has 2 nitrogen and oxygen atoms in total. The molecule has 0 spiro atoms. The van der Waals surface area contributed by atoms with Crippen LogP contribution in [0, 0.1) is 6.92 Å². The van der Waals surface area contributed by atoms with Crippen molar-refractivity contribution in [2.24, 2.45) is 5.73 Å². The van der Waals surface area contributed by atoms with Gasteiger partial charge < -0.3 is 5.73 Å². The summed E-state index contributed by atoms with van der Waals surface area (Å²) in [6, 6.07) is 12.5. The predicted molar refractivity (Wildman–Crippen MR) is 70.8 cm³/mol. The second kappa shape index (κ2) is 5.11. The minimum Gasteiger partial charge on any atom is -0.323 e. The van der Waals surface area contributed by atoms with Crippen molar-refractivity contribution in [1.82, 2.24) is 4.98 Å². The number of benzene rings is 1. The van der Waals surface area contributed by atoms with Gasteiger partial charge in [-0.05, 0) is 30.2 Å². The number of nitrogens with two attached hydrogens (primary N) is 1. The van der Waals surface area contributed by atoms with E-state index in [-0.39, 0.29) is 6.04 Å². The van der Waals surface area contributed by atoms with Crippen LogP contribution in [0.4, 0.5) is 0 Å². The van der Waals surface area contributed by atoms with E-state index in [0.717, 1.165) is 0 Å². The van der Waals surface area contributed by atoms with Crippen molar-refractivity contribution in [3.05, 3.63) is 65.5 Å². The maximum atomic E-state index is 6.32. The van der Waals surface area contributed by atoms with E-state index in [1.54, 1.807) is 0 Å². The van der Waals surface area contributed by atoms with Crippen LogP contribution in [0.15, 0.2) is 48.8 Å². The van der Waals surface area contributed by atoms with Crippen molar-refractivity contribution >= 4 is 0 Å². The zero-order valence-corrected chi connectivity index (χ0v) is 10.3. The minimum absolute atomic E-state index is 0.0253. The quantitative estimate of drug-likeness (QED) is 0.873. The second-order valence-electron chi connectivity index (χ2n) is 4.51. The van der Waals surface area contributed by atoms with E-state index in [4.69, 9.17) is 5.73 Å². The topological polar surface area (TPSA) is 38.9 Å². The molecule has 0 aliphatic carbocycles. The first kappa shape index (κ1) is 11.8. The van der Waals surface area contributed by atoms with Crippen molar-refractivity contribution < 1.29 is 0 Å². The third-order valence-electron chi connectivity index (χ3n) is 3.20. The number of hydrogen-bond donors (Lipinski definition) is 1. The zero-order valence-electron chi connectivity index (χ0n) is 10.3. The fourth-order valence-electron chi connectivity index (χ4n) is 2.04. The summed E-state index contributed by atoms with van der Waals surface area (Å²) in [5.74, 6) is 0.291. The molecule has 88 valence electrons. The smallest absolute Gasteiger partial charge is 0.0361 e. The van der Waals surface area contributed by atoms with Gasteiger partial charge in [0.25, 0.3) is 0 Å². The fourth-order valence-corrected chi connectivity index (χ4v) is 2.04. The summed E-state index contributed by atoms with van der Waals surface area (Å²) < 4.78 is 0. The summed E-state index contributed by atoms with van der Waals surface area (Å²) in [7, 11) is 0. The average molecular weight is 226 g/mol. The lowest BCUT2D eigenvalue weighted by atomic mass is 9.89. The number of aromatic nitrogens is 1. The molecule has 0 fully saturated rings. The van der Waals surface area contributed by atoms with Gasteiger partial charge >= 0.3 is 0 Å². The lowest BCUT2D eigenvalue weighted by Crippen LogP contribution is -2.17. The third-order valence-corrected chi connectivity index (χ3v) is 3.20. The van der Waals surface area contributed by atoms with Crippen LogP contribution in [0.1, 0.15) is 35.6 Å². The van der Waals surface area contributed by atoms with Crippen molar-refractivity contribution in [3.63, 3.8) is 0 Å². The third kappa shape index (κ3) is 2.71. The molecular weight excluding hydrogens is 208 g/mol. The maximum absolute atomic E-state index is 6.32. The van der Waals surface area contributed by atoms with Crippen molar-refractivity contribution in [2.75, 3.05) is 0 Å². The number of hydrogen-bond acceptors (Lipinski definition) is 2. The van der Waals surface area contributed by atoms with Crippen LogP contribution in [0.5, 0.6) is 0 Å². The molecule has 1 aromatic heterocycles. The molecule has 0 bridgehead atoms. The van der Waals surface area contributed by atoms with Crippen LogP contribution < -0.4 is 5.73 Å². The molecule has 0 saturated carbocycles. The number of nitrogens with zero attached hydrogens (tertiary/aromatic N) is 1. The van der Waals surface area contributed by atoms with Crippen molar-refractivity contribution in [3.8, 4) is 0 Å². The molecule has 0 radical (unpaired) electrons. The molecule has 2 N–H and O–H groups in total. The number of aryl methyl sites for hydroxylation is 1. The number of pyridine rings is 1. The fraction of sp³-hybridized carbons (Fsp3) is 0.267. The maximum Gasteiger partial charge on any atom is 0.0361 e. The first-order chi connectivity index (χ1) is 8.18. The first-order valence-electron chi connectivity index (χ1n) is 5.90. The Balaban J connectivity index is 2.23. The van der Waals surface area contributed by atoms with Crippen LogP contribution in [0.3, 0.4) is 0 Å². The summed E-state index contributed by atoms with van der Waals surface area (Å²) >= 11 is 0. The zero-order chi connectivity index (χ0) is 12.3. The van der Waals surface area contributed by atoms with Crippen molar-refractivity contribution in [2.45, 2.75) is 25.8 Å². The molecule has 2 rings (SSSR count). The van der Waals surface area contributed by atoms with Gasteiger partial charge in [-0.2, -0.15) is 0 Å². The Kier molecular flexibility index (Phi) is 3.55. The molecule has 0 aliphatic rings. The Morgan fingerprint density at radius 1 is 1.06 bits per heavy atom. The van der Waals surface area contributed by atoms with Crippen LogP contribution in [0.25, 0.3) is 0 Å². The van der Waals surface area contributed by atoms with Gasteiger partial charge in [0, 0.05) is 24.4 Å². The molecule has 1 heterocycles. The van der Waals surface area contributed by atoms with Gasteiger partial charge in [0.15, 0.2) is 0 Å². The van der Waals surface area contributed by atoms with E-state index in [9.17, 15) is 0 Å². The van der Waals surface area contributed by atoms with E-state index in [2.05, 4.69) is 43.1 Å². The second-order valence-corrected chi connectivity index (χ2v) is 4.51. The van der Waals surface area contributed by atoms with Gasteiger partial charge in [-0.25, -0.2) is 0 Å². The summed E-state index contributed by atoms with van der Waals surface area (Å²) in [6.45, 7) is 4.25. The highest BCUT2D eigenvalue weighted by molar-refractivity contribution is 5.29. The highest BCUT2D eigenvalue weighted by atomic mass is 14.7. The monoisotopic (exact) mass is 226 g/mol. The largest absolute Gasteiger partial charge is 0.323 e. The molecule has 17 heavy (non-hydrogen) atoms. The van der Waals surface area contributed by atoms with Crippen molar-refractivity contribution in [1.29, 1.82) is 0 Å². The Morgan fingerprint density at radius 2 is 1.76 bits per heavy atom. The van der Waals surface area contributed by atoms with E-state index in [1.165, 1.54) is 16.7 Å². The van der Waals surface area contributed by atoms with Gasteiger partial charge in [0.1, 0.15) is 0 Å². The Labute approximate surface area is 103 Å². The Hall–Kier alpha value is -1.67. The molecule has 2 unspecified atom stereocenters. The SMILES string of the molecule is Cc1cccc(C(N)C(C)c2ccncc2)c1. The van der Waals surface area contributed by atoms with Crippen LogP contribution in [0.2, 0.25) is 0 Å². The molecule has 0 amide bonds. The Morgan fingerprint density at radius 3 is 2.41 bits per heavy atom. The minimum atomic E-state index is 0.0253. The summed E-state index contributed by atoms with van der Waals surface area (Å²) in [4.78, 5) is 4.03. The highest BCUT2D eigenvalue weighted by Gasteiger charge is 2.16. The van der Waals surface area contributed by atoms with Crippen LogP contribution in [-0.2, 0) is 0 Å². The molecular formula is C15H18N2. The molecule has 2 aromatic rings. The first-order valence-corrected chi connectivity index (χ1v) is 5.90. The molecule has 0 aliphatic heterocycles. The van der Waals surface area contributed by atoms with E-state index < -0.39 is 0 Å². The van der Waals surface area contributed by atoms with Crippen LogP contribution >= 0.6 is 0 Å². The lowest BCUT2D eigenvalue weighted by Gasteiger charge is -2.21. The summed E-state index contributed by atoms with van der Waals surface area (Å²) in [5.41, 5.74) is 9.99. The molecule has 1 aromatic carbocycles. The average Bonchev–Trinajstić information content (AvgIpc) is 2.38. The van der Waals surface area contributed by atoms with Crippen LogP contribution in [-0.4, -0.2) is 4.98 Å². The predicted octanol–water partition coefficient (Wildman–Crippen LogP) is 3.19. The highest BCUT2D eigenvalue weighted by Crippen LogP contribution is 2.28. The standard InChI is InChI=1S/C15H18N2/c1-11-4-3-5-14(10-11)15(16)12(2)13-6-8-17-9-7-13/h3-10,12,15H,16H2,1-2H3. The lowest BCUT2D eigenvalue weighted by molar-refractivity contribution is 0.597. The molecule has 2 heteroatoms. The van der Waals surface area contributed by atoms with Gasteiger partial charge in [-0.1, -0.05) is 36.8 Å². The molecule has 0 saturated heterocycles. The van der Waals surface area contributed by atoms with E-state index in [1.807, 2.05) is 24.5 Å². The Bertz CT molecular complexity index is 479.